The second-order valence-electron chi connectivity index (χ2n) is 2.31. The third-order valence-electron chi connectivity index (χ3n) is 1.35. The van der Waals surface area contributed by atoms with E-state index in [9.17, 15) is 0 Å². The summed E-state index contributed by atoms with van der Waals surface area (Å²) in [5.74, 6) is 0. The number of hydrogen-bond donors (Lipinski definition) is 1. The number of nitrogen functional groups attached to an aromatic ring is 1. The van der Waals surface area contributed by atoms with Crippen LogP contribution in [0, 0.1) is 11.3 Å². The first-order valence-corrected chi connectivity index (χ1v) is 3.51. The fourth-order valence-electron chi connectivity index (χ4n) is 0.867. The molecule has 0 spiro atoms. The average Bonchev–Trinajstić information content (AvgIpc) is 2.32. The SMILES string of the molecule is CCCn1cc(N)c(C#N)n1. The summed E-state index contributed by atoms with van der Waals surface area (Å²) in [7, 11) is 0. The standard InChI is InChI=1S/C7H10N4/c1-2-3-11-5-6(9)7(4-8)10-11/h5H,2-3,9H2,1H3. The summed E-state index contributed by atoms with van der Waals surface area (Å²) in [6.45, 7) is 2.86. The Kier molecular flexibility index (Phi) is 2.12. The van der Waals surface area contributed by atoms with Gasteiger partial charge in [0.15, 0.2) is 5.69 Å². The van der Waals surface area contributed by atoms with Crippen LogP contribution in [0.2, 0.25) is 0 Å². The number of rotatable bonds is 2. The molecule has 4 nitrogen and oxygen atoms in total. The van der Waals surface area contributed by atoms with Crippen LogP contribution < -0.4 is 5.73 Å². The van der Waals surface area contributed by atoms with Gasteiger partial charge in [-0.1, -0.05) is 6.92 Å². The van der Waals surface area contributed by atoms with Gasteiger partial charge in [0.2, 0.25) is 0 Å². The van der Waals surface area contributed by atoms with E-state index in [4.69, 9.17) is 11.0 Å². The summed E-state index contributed by atoms with van der Waals surface area (Å²) >= 11 is 0. The molecule has 58 valence electrons. The number of aryl methyl sites for hydroxylation is 1. The first kappa shape index (κ1) is 7.61. The lowest BCUT2D eigenvalue weighted by Crippen LogP contribution is -1.96. The van der Waals surface area contributed by atoms with Crippen LogP contribution in [0.3, 0.4) is 0 Å². The zero-order valence-corrected chi connectivity index (χ0v) is 6.41. The highest BCUT2D eigenvalue weighted by atomic mass is 15.3. The quantitative estimate of drug-likeness (QED) is 0.676. The minimum atomic E-state index is 0.318. The van der Waals surface area contributed by atoms with Gasteiger partial charge >= 0.3 is 0 Å². The lowest BCUT2D eigenvalue weighted by molar-refractivity contribution is 0.601. The van der Waals surface area contributed by atoms with Crippen LogP contribution in [0.5, 0.6) is 0 Å². The Bertz CT molecular complexity index is 281. The molecular formula is C7H10N4. The Balaban J connectivity index is 2.89. The van der Waals surface area contributed by atoms with E-state index in [-0.39, 0.29) is 0 Å². The van der Waals surface area contributed by atoms with Crippen molar-refractivity contribution in [2.75, 3.05) is 5.73 Å². The number of hydrogen-bond acceptors (Lipinski definition) is 3. The fourth-order valence-corrected chi connectivity index (χ4v) is 0.867. The van der Waals surface area contributed by atoms with Gasteiger partial charge in [0.25, 0.3) is 0 Å². The third-order valence-corrected chi connectivity index (χ3v) is 1.35. The molecule has 0 aliphatic carbocycles. The monoisotopic (exact) mass is 150 g/mol. The zero-order valence-electron chi connectivity index (χ0n) is 6.41. The molecule has 0 saturated heterocycles. The normalized spacial score (nSPS) is 9.45. The average molecular weight is 150 g/mol. The Labute approximate surface area is 65.2 Å². The first-order valence-electron chi connectivity index (χ1n) is 3.51. The fraction of sp³-hybridized carbons (Fsp3) is 0.429. The Hall–Kier alpha value is -1.50. The highest BCUT2D eigenvalue weighted by Gasteiger charge is 2.02. The molecule has 1 rings (SSSR count). The van der Waals surface area contributed by atoms with Gasteiger partial charge in [-0.15, -0.1) is 0 Å². The molecule has 0 aliphatic heterocycles. The van der Waals surface area contributed by atoms with Crippen molar-refractivity contribution in [1.29, 1.82) is 5.26 Å². The van der Waals surface area contributed by atoms with Crippen LogP contribution in [0.1, 0.15) is 19.0 Å². The molecule has 1 aromatic rings. The van der Waals surface area contributed by atoms with Gasteiger partial charge < -0.3 is 5.73 Å². The van der Waals surface area contributed by atoms with Gasteiger partial charge in [-0.05, 0) is 6.42 Å². The van der Waals surface area contributed by atoms with Crippen molar-refractivity contribution in [2.45, 2.75) is 19.9 Å². The van der Waals surface area contributed by atoms with E-state index in [1.807, 2.05) is 13.0 Å². The molecule has 1 heterocycles. The molecule has 11 heavy (non-hydrogen) atoms. The molecule has 0 fully saturated rings. The van der Waals surface area contributed by atoms with Crippen molar-refractivity contribution in [3.05, 3.63) is 11.9 Å². The van der Waals surface area contributed by atoms with Gasteiger partial charge in [-0.2, -0.15) is 10.4 Å². The van der Waals surface area contributed by atoms with E-state index in [1.54, 1.807) is 10.9 Å². The van der Waals surface area contributed by atoms with E-state index in [0.29, 0.717) is 11.4 Å². The van der Waals surface area contributed by atoms with Crippen LogP contribution in [0.25, 0.3) is 0 Å². The van der Waals surface area contributed by atoms with Gasteiger partial charge in [-0.25, -0.2) is 0 Å². The summed E-state index contributed by atoms with van der Waals surface area (Å²) in [6, 6.07) is 1.92. The van der Waals surface area contributed by atoms with Crippen molar-refractivity contribution >= 4 is 5.69 Å². The second kappa shape index (κ2) is 3.06. The lowest BCUT2D eigenvalue weighted by Gasteiger charge is -1.93. The molecule has 0 aromatic carbocycles. The van der Waals surface area contributed by atoms with Crippen LogP contribution >= 0.6 is 0 Å². The molecule has 0 atom stereocenters. The minimum Gasteiger partial charge on any atom is -0.395 e. The summed E-state index contributed by atoms with van der Waals surface area (Å²) in [5, 5.41) is 12.4. The molecule has 0 amide bonds. The Morgan fingerprint density at radius 1 is 1.82 bits per heavy atom. The summed E-state index contributed by atoms with van der Waals surface area (Å²) in [4.78, 5) is 0. The van der Waals surface area contributed by atoms with Crippen LogP contribution in [-0.2, 0) is 6.54 Å². The molecule has 0 saturated carbocycles. The van der Waals surface area contributed by atoms with Gasteiger partial charge in [0, 0.05) is 12.7 Å². The molecule has 2 N–H and O–H groups in total. The van der Waals surface area contributed by atoms with E-state index in [1.165, 1.54) is 0 Å². The number of aromatic nitrogens is 2. The maximum Gasteiger partial charge on any atom is 0.185 e. The predicted molar refractivity (Wildman–Crippen MR) is 41.6 cm³/mol. The molecule has 0 bridgehead atoms. The number of nitrogens with two attached hydrogens (primary N) is 1. The van der Waals surface area contributed by atoms with Gasteiger partial charge in [-0.3, -0.25) is 4.68 Å². The smallest absolute Gasteiger partial charge is 0.185 e. The molecule has 0 unspecified atom stereocenters. The molecular weight excluding hydrogens is 140 g/mol. The maximum absolute atomic E-state index is 8.49. The maximum atomic E-state index is 8.49. The highest BCUT2D eigenvalue weighted by Crippen LogP contribution is 2.06. The van der Waals surface area contributed by atoms with E-state index in [2.05, 4.69) is 5.10 Å². The largest absolute Gasteiger partial charge is 0.395 e. The van der Waals surface area contributed by atoms with Crippen LogP contribution in [0.4, 0.5) is 5.69 Å². The zero-order chi connectivity index (χ0) is 8.27. The van der Waals surface area contributed by atoms with Crippen molar-refractivity contribution < 1.29 is 0 Å². The highest BCUT2D eigenvalue weighted by molar-refractivity contribution is 5.47. The van der Waals surface area contributed by atoms with Gasteiger partial charge in [0.05, 0.1) is 5.69 Å². The Morgan fingerprint density at radius 2 is 2.55 bits per heavy atom. The van der Waals surface area contributed by atoms with Crippen LogP contribution in [0.15, 0.2) is 6.20 Å². The summed E-state index contributed by atoms with van der Waals surface area (Å²) in [6.07, 6.45) is 2.67. The number of nitriles is 1. The van der Waals surface area contributed by atoms with Crippen molar-refractivity contribution in [3.63, 3.8) is 0 Å². The second-order valence-corrected chi connectivity index (χ2v) is 2.31. The van der Waals surface area contributed by atoms with E-state index < -0.39 is 0 Å². The van der Waals surface area contributed by atoms with E-state index in [0.717, 1.165) is 13.0 Å². The van der Waals surface area contributed by atoms with Crippen molar-refractivity contribution in [1.82, 2.24) is 9.78 Å². The number of nitrogens with zero attached hydrogens (tertiary/aromatic N) is 3. The predicted octanol–water partition coefficient (Wildman–Crippen LogP) is 0.747. The van der Waals surface area contributed by atoms with Crippen molar-refractivity contribution in [2.24, 2.45) is 0 Å². The van der Waals surface area contributed by atoms with Crippen LogP contribution in [-0.4, -0.2) is 9.78 Å². The Morgan fingerprint density at radius 3 is 3.00 bits per heavy atom. The molecule has 0 aliphatic rings. The first-order chi connectivity index (χ1) is 5.27. The molecule has 0 radical (unpaired) electrons. The topological polar surface area (TPSA) is 67.6 Å². The van der Waals surface area contributed by atoms with Gasteiger partial charge in [0.1, 0.15) is 6.07 Å². The summed E-state index contributed by atoms with van der Waals surface area (Å²) < 4.78 is 1.69. The number of anilines is 1. The van der Waals surface area contributed by atoms with Crippen molar-refractivity contribution in [3.8, 4) is 6.07 Å². The summed E-state index contributed by atoms with van der Waals surface area (Å²) in [5.41, 5.74) is 6.25. The lowest BCUT2D eigenvalue weighted by atomic mass is 10.4. The minimum absolute atomic E-state index is 0.318. The van der Waals surface area contributed by atoms with E-state index >= 15 is 0 Å². The molecule has 1 aromatic heterocycles. The third kappa shape index (κ3) is 1.49. The molecule has 4 heteroatoms.